The van der Waals surface area contributed by atoms with Crippen molar-refractivity contribution in [3.63, 3.8) is 0 Å². The van der Waals surface area contributed by atoms with Crippen molar-refractivity contribution < 1.29 is 9.59 Å². The van der Waals surface area contributed by atoms with Crippen LogP contribution in [0.1, 0.15) is 31.4 Å². The molecular formula is C24H31N5O2S. The van der Waals surface area contributed by atoms with Gasteiger partial charge in [-0.3, -0.25) is 19.5 Å². The number of aromatic nitrogens is 1. The van der Waals surface area contributed by atoms with E-state index in [-0.39, 0.29) is 37.5 Å². The molecule has 1 aromatic heterocycles. The van der Waals surface area contributed by atoms with Crippen molar-refractivity contribution in [2.24, 2.45) is 0 Å². The molecule has 1 fully saturated rings. The lowest BCUT2D eigenvalue weighted by Crippen LogP contribution is -2.47. The number of hydrogen-bond acceptors (Lipinski definition) is 6. The zero-order chi connectivity index (χ0) is 22.9. The quantitative estimate of drug-likeness (QED) is 0.448. The maximum Gasteiger partial charge on any atom is 0.240 e. The lowest BCUT2D eigenvalue weighted by Gasteiger charge is -2.39. The number of carbonyl (C=O) groups is 2. The zero-order valence-corrected chi connectivity index (χ0v) is 19.5. The van der Waals surface area contributed by atoms with Crippen molar-refractivity contribution in [3.05, 3.63) is 42.1 Å². The molecule has 2 N–H and O–H groups in total. The third-order valence-corrected chi connectivity index (χ3v) is 6.83. The number of pyridine rings is 1. The molecule has 2 amide bonds. The maximum atomic E-state index is 12.3. The van der Waals surface area contributed by atoms with Gasteiger partial charge in [-0.05, 0) is 37.7 Å². The van der Waals surface area contributed by atoms with Gasteiger partial charge in [0.15, 0.2) is 0 Å². The molecule has 1 aliphatic heterocycles. The van der Waals surface area contributed by atoms with Crippen LogP contribution in [0.25, 0.3) is 10.9 Å². The Labute approximate surface area is 194 Å². The van der Waals surface area contributed by atoms with Gasteiger partial charge in [-0.15, -0.1) is 6.42 Å². The van der Waals surface area contributed by atoms with Crippen molar-refractivity contribution in [1.29, 1.82) is 0 Å². The predicted octanol–water partition coefficient (Wildman–Crippen LogP) is 2.21. The molecule has 8 heteroatoms. The summed E-state index contributed by atoms with van der Waals surface area (Å²) in [4.78, 5) is 31.0. The number of likely N-dealkylation sites (tertiary alicyclic amines) is 1. The first-order valence-corrected chi connectivity index (χ1v) is 12.1. The minimum Gasteiger partial charge on any atom is -0.346 e. The first kappa shape index (κ1) is 24.1. The van der Waals surface area contributed by atoms with Crippen molar-refractivity contribution >= 4 is 34.7 Å². The molecule has 1 atom stereocenters. The smallest absolute Gasteiger partial charge is 0.240 e. The molecule has 3 rings (SSSR count). The third kappa shape index (κ3) is 6.22. The highest BCUT2D eigenvalue weighted by atomic mass is 32.2. The van der Waals surface area contributed by atoms with Crippen LogP contribution in [0, 0.1) is 12.3 Å². The second-order valence-corrected chi connectivity index (χ2v) is 8.71. The second-order valence-electron chi connectivity index (χ2n) is 7.88. The highest BCUT2D eigenvalue weighted by Crippen LogP contribution is 2.30. The van der Waals surface area contributed by atoms with Gasteiger partial charge in [0.05, 0.1) is 25.2 Å². The number of fused-ring (bicyclic) bond motifs is 1. The Morgan fingerprint density at radius 3 is 2.72 bits per heavy atom. The Balaban J connectivity index is 1.52. The fourth-order valence-electron chi connectivity index (χ4n) is 4.15. The Bertz CT molecular complexity index is 963. The van der Waals surface area contributed by atoms with Crippen LogP contribution in [-0.4, -0.2) is 71.0 Å². The second kappa shape index (κ2) is 11.9. The number of carbonyl (C=O) groups excluding carboxylic acids is 2. The number of piperidine rings is 1. The first-order valence-electron chi connectivity index (χ1n) is 10.9. The van der Waals surface area contributed by atoms with Gasteiger partial charge < -0.3 is 10.6 Å². The molecule has 7 nitrogen and oxygen atoms in total. The number of benzene rings is 1. The van der Waals surface area contributed by atoms with Gasteiger partial charge in [0.25, 0.3) is 0 Å². The highest BCUT2D eigenvalue weighted by molar-refractivity contribution is 7.96. The fourth-order valence-corrected chi connectivity index (χ4v) is 4.91. The molecule has 1 unspecified atom stereocenters. The average molecular weight is 454 g/mol. The number of nitrogens with one attached hydrogen (secondary N) is 2. The first-order chi connectivity index (χ1) is 15.5. The lowest BCUT2D eigenvalue weighted by atomic mass is 9.98. The molecule has 2 aromatic rings. The standard InChI is InChI=1S/C24H31N5O2S/c1-4-12-25-22(30)16-27-23(31)17-29(32-3)20-10-14-28(15-11-20)18(2)21-9-5-7-19-8-6-13-26-24(19)21/h1,5-9,13,18,20H,10-12,14-17H2,2-3H3,(H,25,30)(H,27,31). The Morgan fingerprint density at radius 2 is 2.00 bits per heavy atom. The minimum absolute atomic E-state index is 0.0578. The van der Waals surface area contributed by atoms with E-state index in [1.54, 1.807) is 11.9 Å². The SMILES string of the molecule is C#CCNC(=O)CNC(=O)CN(SC)C1CCN(C(C)c2cccc3cccnc23)CC1. The number of para-hydroxylation sites is 1. The van der Waals surface area contributed by atoms with E-state index in [0.29, 0.717) is 6.04 Å². The van der Waals surface area contributed by atoms with E-state index in [1.807, 2.05) is 18.5 Å². The lowest BCUT2D eigenvalue weighted by molar-refractivity contribution is -0.126. The summed E-state index contributed by atoms with van der Waals surface area (Å²) in [6.07, 6.45) is 10.9. The molecule has 170 valence electrons. The molecule has 0 bridgehead atoms. The van der Waals surface area contributed by atoms with E-state index >= 15 is 0 Å². The van der Waals surface area contributed by atoms with Gasteiger partial charge in [0.2, 0.25) is 11.8 Å². The molecule has 0 aliphatic carbocycles. The van der Waals surface area contributed by atoms with Crippen LogP contribution < -0.4 is 10.6 Å². The molecule has 1 saturated heterocycles. The van der Waals surface area contributed by atoms with E-state index < -0.39 is 0 Å². The molecule has 1 aliphatic rings. The van der Waals surface area contributed by atoms with Crippen LogP contribution in [0.3, 0.4) is 0 Å². The van der Waals surface area contributed by atoms with Gasteiger partial charge in [-0.2, -0.15) is 0 Å². The maximum absolute atomic E-state index is 12.3. The van der Waals surface area contributed by atoms with Crippen molar-refractivity contribution in [2.45, 2.75) is 31.8 Å². The Morgan fingerprint density at radius 1 is 1.25 bits per heavy atom. The van der Waals surface area contributed by atoms with Crippen LogP contribution in [0.2, 0.25) is 0 Å². The normalized spacial score (nSPS) is 15.9. The molecular weight excluding hydrogens is 422 g/mol. The highest BCUT2D eigenvalue weighted by Gasteiger charge is 2.29. The van der Waals surface area contributed by atoms with E-state index in [2.05, 4.69) is 61.9 Å². The minimum atomic E-state index is -0.280. The number of terminal acetylenes is 1. The van der Waals surface area contributed by atoms with Crippen LogP contribution in [0.4, 0.5) is 0 Å². The summed E-state index contributed by atoms with van der Waals surface area (Å²) in [5, 5.41) is 6.37. The Kier molecular flexibility index (Phi) is 8.91. The fraction of sp³-hybridized carbons (Fsp3) is 0.458. The number of rotatable bonds is 9. The van der Waals surface area contributed by atoms with Gasteiger partial charge in [0, 0.05) is 36.8 Å². The molecule has 1 aromatic carbocycles. The third-order valence-electron chi connectivity index (χ3n) is 5.94. The summed E-state index contributed by atoms with van der Waals surface area (Å²) in [5.74, 6) is 1.90. The molecule has 0 radical (unpaired) electrons. The van der Waals surface area contributed by atoms with Crippen LogP contribution in [0.15, 0.2) is 36.5 Å². The Hall–Kier alpha value is -2.60. The zero-order valence-electron chi connectivity index (χ0n) is 18.7. The molecule has 0 saturated carbocycles. The summed E-state index contributed by atoms with van der Waals surface area (Å²) in [7, 11) is 0. The molecule has 32 heavy (non-hydrogen) atoms. The summed E-state index contributed by atoms with van der Waals surface area (Å²) in [6.45, 7) is 4.53. The largest absolute Gasteiger partial charge is 0.346 e. The number of amides is 2. The predicted molar refractivity (Wildman–Crippen MR) is 130 cm³/mol. The number of hydrogen-bond donors (Lipinski definition) is 2. The summed E-state index contributed by atoms with van der Waals surface area (Å²) in [5.41, 5.74) is 2.32. The van der Waals surface area contributed by atoms with Gasteiger partial charge in [0.1, 0.15) is 0 Å². The summed E-state index contributed by atoms with van der Waals surface area (Å²) >= 11 is 1.58. The van der Waals surface area contributed by atoms with Gasteiger partial charge >= 0.3 is 0 Å². The average Bonchev–Trinajstić information content (AvgIpc) is 2.84. The number of nitrogens with zero attached hydrogens (tertiary/aromatic N) is 3. The van der Waals surface area contributed by atoms with Gasteiger partial charge in [-0.1, -0.05) is 42.1 Å². The van der Waals surface area contributed by atoms with Crippen molar-refractivity contribution in [2.75, 3.05) is 39.0 Å². The van der Waals surface area contributed by atoms with E-state index in [4.69, 9.17) is 6.42 Å². The van der Waals surface area contributed by atoms with Crippen molar-refractivity contribution in [3.8, 4) is 12.3 Å². The van der Waals surface area contributed by atoms with E-state index in [1.165, 1.54) is 10.9 Å². The van der Waals surface area contributed by atoms with Crippen LogP contribution in [0.5, 0.6) is 0 Å². The van der Waals surface area contributed by atoms with E-state index in [0.717, 1.165) is 31.4 Å². The summed E-state index contributed by atoms with van der Waals surface area (Å²) < 4.78 is 2.12. The van der Waals surface area contributed by atoms with Crippen molar-refractivity contribution in [1.82, 2.24) is 24.8 Å². The topological polar surface area (TPSA) is 77.6 Å². The molecule has 0 spiro atoms. The monoisotopic (exact) mass is 453 g/mol. The van der Waals surface area contributed by atoms with Crippen LogP contribution in [-0.2, 0) is 9.59 Å². The van der Waals surface area contributed by atoms with E-state index in [9.17, 15) is 9.59 Å². The van der Waals surface area contributed by atoms with Crippen LogP contribution >= 0.6 is 11.9 Å². The molecule has 2 heterocycles. The van der Waals surface area contributed by atoms with Gasteiger partial charge in [-0.25, -0.2) is 4.31 Å². The summed E-state index contributed by atoms with van der Waals surface area (Å²) in [6, 6.07) is 11.0.